The molecule has 0 spiro atoms. The normalized spacial score (nSPS) is 15.3. The molecule has 10 nitrogen and oxygen atoms in total. The lowest BCUT2D eigenvalue weighted by atomic mass is 9.91. The Kier molecular flexibility index (Phi) is 8.05. The Morgan fingerprint density at radius 2 is 1.80 bits per heavy atom. The van der Waals surface area contributed by atoms with Crippen LogP contribution in [-0.2, 0) is 22.6 Å². The standard InChI is InChI=1S/C30H27N3O7/c34-28(33-24(19-39-30(33)37)16-20-5-2-1-3-6-20)17-26(27-13-14-40-32-27)22-9-11-25(12-10-22)38-18-21-7-4-8-23(15-21)31-29(35)36/h1-15,24,26,31H,16-19H2,(H,35,36)/t24-,26-/m0/s1. The van der Waals surface area contributed by atoms with Crippen LogP contribution in [0, 0.1) is 0 Å². The van der Waals surface area contributed by atoms with Crippen LogP contribution in [0.2, 0.25) is 0 Å². The van der Waals surface area contributed by atoms with Crippen molar-refractivity contribution in [2.75, 3.05) is 11.9 Å². The molecule has 2 heterocycles. The van der Waals surface area contributed by atoms with Crippen LogP contribution in [0.25, 0.3) is 0 Å². The zero-order valence-corrected chi connectivity index (χ0v) is 21.4. The first-order valence-electron chi connectivity index (χ1n) is 12.7. The summed E-state index contributed by atoms with van der Waals surface area (Å²) in [6.45, 7) is 0.384. The highest BCUT2D eigenvalue weighted by Gasteiger charge is 2.39. The van der Waals surface area contributed by atoms with E-state index in [1.807, 2.05) is 48.5 Å². The third-order valence-electron chi connectivity index (χ3n) is 6.60. The topological polar surface area (TPSA) is 131 Å². The summed E-state index contributed by atoms with van der Waals surface area (Å²) >= 11 is 0. The van der Waals surface area contributed by atoms with Gasteiger partial charge in [0.15, 0.2) is 0 Å². The van der Waals surface area contributed by atoms with Gasteiger partial charge in [0, 0.05) is 24.1 Å². The number of hydrogen-bond acceptors (Lipinski definition) is 7. The van der Waals surface area contributed by atoms with Crippen molar-refractivity contribution in [1.29, 1.82) is 0 Å². The summed E-state index contributed by atoms with van der Waals surface area (Å²) in [5, 5.41) is 15.3. The molecule has 0 radical (unpaired) electrons. The Morgan fingerprint density at radius 3 is 2.52 bits per heavy atom. The van der Waals surface area contributed by atoms with Crippen LogP contribution >= 0.6 is 0 Å². The Hall–Kier alpha value is -5.12. The van der Waals surface area contributed by atoms with E-state index in [1.165, 1.54) is 11.2 Å². The number of nitrogens with zero attached hydrogens (tertiary/aromatic N) is 2. The molecule has 1 aromatic heterocycles. The molecule has 4 aromatic rings. The molecule has 204 valence electrons. The number of carboxylic acid groups (broad SMARTS) is 1. The largest absolute Gasteiger partial charge is 0.489 e. The van der Waals surface area contributed by atoms with Crippen LogP contribution < -0.4 is 10.1 Å². The monoisotopic (exact) mass is 541 g/mol. The van der Waals surface area contributed by atoms with Crippen LogP contribution in [0.4, 0.5) is 15.3 Å². The first-order valence-corrected chi connectivity index (χ1v) is 12.7. The van der Waals surface area contributed by atoms with Crippen molar-refractivity contribution < 1.29 is 33.5 Å². The average molecular weight is 542 g/mol. The molecule has 2 atom stereocenters. The molecule has 3 aromatic carbocycles. The molecular weight excluding hydrogens is 514 g/mol. The number of amides is 3. The van der Waals surface area contributed by atoms with Crippen molar-refractivity contribution in [3.05, 3.63) is 114 Å². The summed E-state index contributed by atoms with van der Waals surface area (Å²) in [4.78, 5) is 38.1. The smallest absolute Gasteiger partial charge is 0.416 e. The number of anilines is 1. The number of rotatable bonds is 10. The molecule has 5 rings (SSSR count). The maximum absolute atomic E-state index is 13.5. The quantitative estimate of drug-likeness (QED) is 0.271. The minimum Gasteiger partial charge on any atom is -0.489 e. The molecule has 1 aliphatic heterocycles. The number of benzene rings is 3. The number of aromatic nitrogens is 1. The van der Waals surface area contributed by atoms with E-state index in [4.69, 9.17) is 19.1 Å². The Bertz CT molecular complexity index is 1460. The van der Waals surface area contributed by atoms with Gasteiger partial charge in [-0.05, 0) is 47.4 Å². The van der Waals surface area contributed by atoms with E-state index in [-0.39, 0.29) is 31.6 Å². The van der Waals surface area contributed by atoms with E-state index in [2.05, 4.69) is 10.5 Å². The molecule has 0 saturated carbocycles. The van der Waals surface area contributed by atoms with Gasteiger partial charge >= 0.3 is 12.2 Å². The highest BCUT2D eigenvalue weighted by molar-refractivity contribution is 5.94. The van der Waals surface area contributed by atoms with Gasteiger partial charge in [0.1, 0.15) is 25.2 Å². The minimum absolute atomic E-state index is 0.00348. The number of carbonyl (C=O) groups is 3. The summed E-state index contributed by atoms with van der Waals surface area (Å²) in [6, 6.07) is 25.2. The SMILES string of the molecule is O=C(O)Nc1cccc(COc2ccc([C@H](CC(=O)N3C(=O)OC[C@@H]3Cc3ccccc3)c3ccon3)cc2)c1. The van der Waals surface area contributed by atoms with E-state index >= 15 is 0 Å². The van der Waals surface area contributed by atoms with Crippen LogP contribution in [-0.4, -0.2) is 45.9 Å². The number of nitrogens with one attached hydrogen (secondary N) is 1. The lowest BCUT2D eigenvalue weighted by Crippen LogP contribution is -2.40. The number of carbonyl (C=O) groups excluding carboxylic acids is 2. The molecule has 3 amide bonds. The number of cyclic esters (lactones) is 1. The first-order chi connectivity index (χ1) is 19.5. The summed E-state index contributed by atoms with van der Waals surface area (Å²) in [5.41, 5.74) is 3.63. The Balaban J connectivity index is 1.27. The predicted octanol–water partition coefficient (Wildman–Crippen LogP) is 5.46. The van der Waals surface area contributed by atoms with Gasteiger partial charge in [0.25, 0.3) is 0 Å². The molecule has 10 heteroatoms. The third-order valence-corrected chi connectivity index (χ3v) is 6.60. The molecule has 2 N–H and O–H groups in total. The molecule has 0 aliphatic carbocycles. The van der Waals surface area contributed by atoms with Crippen molar-refractivity contribution >= 4 is 23.8 Å². The lowest BCUT2D eigenvalue weighted by Gasteiger charge is -2.22. The molecule has 0 unspecified atom stereocenters. The minimum atomic E-state index is -1.14. The fourth-order valence-electron chi connectivity index (χ4n) is 4.70. The molecule has 40 heavy (non-hydrogen) atoms. The fraction of sp³-hybridized carbons (Fsp3) is 0.200. The van der Waals surface area contributed by atoms with Crippen molar-refractivity contribution in [2.24, 2.45) is 0 Å². The summed E-state index contributed by atoms with van der Waals surface area (Å²) in [5.74, 6) is -0.215. The maximum Gasteiger partial charge on any atom is 0.416 e. The van der Waals surface area contributed by atoms with Gasteiger partial charge < -0.3 is 19.1 Å². The molecule has 1 saturated heterocycles. The zero-order valence-electron chi connectivity index (χ0n) is 21.4. The van der Waals surface area contributed by atoms with E-state index in [0.29, 0.717) is 23.6 Å². The fourth-order valence-corrected chi connectivity index (χ4v) is 4.70. The summed E-state index contributed by atoms with van der Waals surface area (Å²) in [6.07, 6.45) is 0.170. The average Bonchev–Trinajstić information content (AvgIpc) is 3.61. The van der Waals surface area contributed by atoms with Gasteiger partial charge in [-0.3, -0.25) is 10.1 Å². The lowest BCUT2D eigenvalue weighted by molar-refractivity contribution is -0.129. The van der Waals surface area contributed by atoms with Crippen LogP contribution in [0.1, 0.15) is 34.7 Å². The van der Waals surface area contributed by atoms with Crippen molar-refractivity contribution in [1.82, 2.24) is 10.1 Å². The second kappa shape index (κ2) is 12.2. The number of imide groups is 1. The van der Waals surface area contributed by atoms with Crippen molar-refractivity contribution in [3.63, 3.8) is 0 Å². The second-order valence-electron chi connectivity index (χ2n) is 9.35. The number of ether oxygens (including phenoxy) is 2. The Labute approximate surface area is 230 Å². The van der Waals surface area contributed by atoms with Gasteiger partial charge in [0.05, 0.1) is 11.7 Å². The van der Waals surface area contributed by atoms with Crippen LogP contribution in [0.15, 0.2) is 95.7 Å². The van der Waals surface area contributed by atoms with Crippen molar-refractivity contribution in [3.8, 4) is 5.75 Å². The van der Waals surface area contributed by atoms with Crippen molar-refractivity contribution in [2.45, 2.75) is 31.4 Å². The van der Waals surface area contributed by atoms with Crippen LogP contribution in [0.3, 0.4) is 0 Å². The van der Waals surface area contributed by atoms with Crippen LogP contribution in [0.5, 0.6) is 5.75 Å². The van der Waals surface area contributed by atoms with E-state index in [9.17, 15) is 14.4 Å². The van der Waals surface area contributed by atoms with Gasteiger partial charge in [-0.2, -0.15) is 0 Å². The molecular formula is C30H27N3O7. The van der Waals surface area contributed by atoms with E-state index in [1.54, 1.807) is 36.4 Å². The van der Waals surface area contributed by atoms with Gasteiger partial charge in [0.2, 0.25) is 5.91 Å². The molecule has 1 aliphatic rings. The summed E-state index contributed by atoms with van der Waals surface area (Å²) in [7, 11) is 0. The molecule has 0 bridgehead atoms. The van der Waals surface area contributed by atoms with Gasteiger partial charge in [-0.1, -0.05) is 59.8 Å². The maximum atomic E-state index is 13.5. The van der Waals surface area contributed by atoms with E-state index < -0.39 is 18.1 Å². The highest BCUT2D eigenvalue weighted by Crippen LogP contribution is 2.31. The van der Waals surface area contributed by atoms with Gasteiger partial charge in [-0.15, -0.1) is 0 Å². The van der Waals surface area contributed by atoms with E-state index in [0.717, 1.165) is 16.7 Å². The second-order valence-corrected chi connectivity index (χ2v) is 9.35. The first kappa shape index (κ1) is 26.5. The predicted molar refractivity (Wildman–Crippen MR) is 144 cm³/mol. The molecule has 1 fully saturated rings. The highest BCUT2D eigenvalue weighted by atomic mass is 16.6. The Morgan fingerprint density at radius 1 is 1.02 bits per heavy atom. The van der Waals surface area contributed by atoms with Gasteiger partial charge in [-0.25, -0.2) is 14.5 Å². The summed E-state index contributed by atoms with van der Waals surface area (Å²) < 4.78 is 16.2. The zero-order chi connectivity index (χ0) is 27.9. The number of hydrogen-bond donors (Lipinski definition) is 2. The third kappa shape index (κ3) is 6.47.